The zero-order valence-electron chi connectivity index (χ0n) is 18.2. The van der Waals surface area contributed by atoms with Crippen LogP contribution in [0.3, 0.4) is 0 Å². The molecule has 0 atom stereocenters. The molecule has 1 spiro atoms. The number of rotatable bonds is 2. The zero-order valence-corrected chi connectivity index (χ0v) is 19.0. The quantitative estimate of drug-likeness (QED) is 0.453. The van der Waals surface area contributed by atoms with Crippen LogP contribution in [0.2, 0.25) is 5.02 Å². The van der Waals surface area contributed by atoms with Crippen molar-refractivity contribution in [1.82, 2.24) is 9.55 Å². The van der Waals surface area contributed by atoms with Crippen LogP contribution in [0, 0.1) is 0 Å². The smallest absolute Gasteiger partial charge is 0.282 e. The first kappa shape index (κ1) is 20.2. The number of aldehydes is 1. The summed E-state index contributed by atoms with van der Waals surface area (Å²) in [7, 11) is 0. The first-order chi connectivity index (χ1) is 15.6. The number of hydrogen-bond donors (Lipinski definition) is 0. The van der Waals surface area contributed by atoms with Crippen molar-refractivity contribution in [3.63, 3.8) is 0 Å². The van der Waals surface area contributed by atoms with Crippen LogP contribution in [-0.4, -0.2) is 15.8 Å². The largest absolute Gasteiger partial charge is 0.302 e. The summed E-state index contributed by atoms with van der Waals surface area (Å²) in [5, 5.41) is 0.916. The normalized spacial score (nSPS) is 20.8. The highest BCUT2D eigenvalue weighted by molar-refractivity contribution is 6.35. The van der Waals surface area contributed by atoms with E-state index in [4.69, 9.17) is 11.6 Å². The molecule has 1 aromatic heterocycles. The van der Waals surface area contributed by atoms with E-state index in [0.29, 0.717) is 10.4 Å². The summed E-state index contributed by atoms with van der Waals surface area (Å²) < 4.78 is 2.17. The van der Waals surface area contributed by atoms with E-state index in [1.807, 2.05) is 12.1 Å². The first-order valence-electron chi connectivity index (χ1n) is 11.9. The van der Waals surface area contributed by atoms with Crippen LogP contribution in [0.15, 0.2) is 41.2 Å². The minimum absolute atomic E-state index is 0.233. The number of aromatic nitrogens is 2. The first-order valence-corrected chi connectivity index (χ1v) is 12.3. The van der Waals surface area contributed by atoms with Crippen molar-refractivity contribution < 1.29 is 4.79 Å². The van der Waals surface area contributed by atoms with Crippen molar-refractivity contribution in [1.29, 1.82) is 0 Å². The van der Waals surface area contributed by atoms with Crippen molar-refractivity contribution in [2.75, 3.05) is 0 Å². The zero-order chi connectivity index (χ0) is 21.9. The predicted octanol–water partition coefficient (Wildman–Crippen LogP) is 6.00. The molecule has 2 aromatic carbocycles. The highest BCUT2D eigenvalue weighted by atomic mass is 35.5. The van der Waals surface area contributed by atoms with E-state index >= 15 is 0 Å². The van der Waals surface area contributed by atoms with E-state index in [1.165, 1.54) is 24.7 Å². The van der Waals surface area contributed by atoms with Gasteiger partial charge in [-0.2, -0.15) is 4.98 Å². The average Bonchev–Trinajstić information content (AvgIpc) is 3.09. The van der Waals surface area contributed by atoms with E-state index in [-0.39, 0.29) is 11.0 Å². The number of nitrogens with zero attached hydrogens (tertiary/aromatic N) is 2. The van der Waals surface area contributed by atoms with Crippen LogP contribution in [0.4, 0.5) is 0 Å². The Labute approximate surface area is 192 Å². The molecular weight excluding hydrogens is 420 g/mol. The topological polar surface area (TPSA) is 52.0 Å². The second-order valence-corrected chi connectivity index (χ2v) is 10.3. The molecule has 0 bridgehead atoms. The van der Waals surface area contributed by atoms with Crippen molar-refractivity contribution in [2.45, 2.75) is 75.0 Å². The SMILES string of the molecule is O=CC1(c2ccc3c(c2)-n2c(nc(=O)c4c(Cl)cccc42)C32CCCCC2)CCCCC1. The summed E-state index contributed by atoms with van der Waals surface area (Å²) in [5.74, 6) is 0.855. The maximum absolute atomic E-state index is 13.1. The Balaban J connectivity index is 1.67. The van der Waals surface area contributed by atoms with Gasteiger partial charge in [-0.3, -0.25) is 9.36 Å². The molecule has 2 aliphatic carbocycles. The van der Waals surface area contributed by atoms with Gasteiger partial charge in [0, 0.05) is 0 Å². The molecule has 0 N–H and O–H groups in total. The van der Waals surface area contributed by atoms with Crippen molar-refractivity contribution in [2.24, 2.45) is 0 Å². The Morgan fingerprint density at radius 2 is 1.66 bits per heavy atom. The highest BCUT2D eigenvalue weighted by Gasteiger charge is 2.47. The van der Waals surface area contributed by atoms with Gasteiger partial charge in [-0.25, -0.2) is 0 Å². The molecule has 164 valence electrons. The lowest BCUT2D eigenvalue weighted by Gasteiger charge is -2.35. The second-order valence-electron chi connectivity index (χ2n) is 9.92. The molecule has 3 aromatic rings. The van der Waals surface area contributed by atoms with Gasteiger partial charge in [-0.1, -0.05) is 68.3 Å². The molecule has 0 amide bonds. The Morgan fingerprint density at radius 3 is 2.38 bits per heavy atom. The minimum atomic E-state index is -0.407. The number of carbonyl (C=O) groups is 1. The summed E-state index contributed by atoms with van der Waals surface area (Å²) in [6, 6.07) is 12.3. The van der Waals surface area contributed by atoms with Gasteiger partial charge in [-0.05, 0) is 55.0 Å². The Bertz CT molecular complexity index is 1300. The van der Waals surface area contributed by atoms with E-state index in [1.54, 1.807) is 6.07 Å². The molecule has 4 nitrogen and oxygen atoms in total. The van der Waals surface area contributed by atoms with Crippen molar-refractivity contribution in [3.8, 4) is 5.69 Å². The van der Waals surface area contributed by atoms with Gasteiger partial charge in [0.15, 0.2) is 0 Å². The lowest BCUT2D eigenvalue weighted by molar-refractivity contribution is -0.113. The van der Waals surface area contributed by atoms with Crippen LogP contribution in [-0.2, 0) is 15.6 Å². The summed E-state index contributed by atoms with van der Waals surface area (Å²) in [6.07, 6.45) is 11.8. The Morgan fingerprint density at radius 1 is 0.938 bits per heavy atom. The Kier molecular flexibility index (Phi) is 4.59. The van der Waals surface area contributed by atoms with E-state index < -0.39 is 5.41 Å². The molecule has 1 aliphatic heterocycles. The summed E-state index contributed by atoms with van der Waals surface area (Å²) >= 11 is 6.47. The number of benzene rings is 2. The fourth-order valence-electron chi connectivity index (χ4n) is 6.65. The van der Waals surface area contributed by atoms with Crippen LogP contribution >= 0.6 is 11.6 Å². The van der Waals surface area contributed by atoms with Crippen molar-refractivity contribution in [3.05, 3.63) is 68.7 Å². The van der Waals surface area contributed by atoms with Gasteiger partial charge in [-0.15, -0.1) is 0 Å². The molecule has 2 fully saturated rings. The van der Waals surface area contributed by atoms with Crippen LogP contribution in [0.5, 0.6) is 0 Å². The third-order valence-corrected chi connectivity index (χ3v) is 8.62. The van der Waals surface area contributed by atoms with Gasteiger partial charge in [0.1, 0.15) is 12.1 Å². The lowest BCUT2D eigenvalue weighted by Crippen LogP contribution is -2.32. The maximum atomic E-state index is 13.1. The summed E-state index contributed by atoms with van der Waals surface area (Å²) in [5.41, 5.74) is 3.35. The fraction of sp³-hybridized carbons (Fsp3) is 0.444. The van der Waals surface area contributed by atoms with Crippen molar-refractivity contribution >= 4 is 28.8 Å². The molecule has 5 heteroatoms. The molecule has 0 radical (unpaired) electrons. The molecule has 2 saturated carbocycles. The Hall–Kier alpha value is -2.46. The fourth-order valence-corrected chi connectivity index (χ4v) is 6.90. The molecule has 32 heavy (non-hydrogen) atoms. The van der Waals surface area contributed by atoms with Gasteiger partial charge < -0.3 is 4.79 Å². The predicted molar refractivity (Wildman–Crippen MR) is 127 cm³/mol. The minimum Gasteiger partial charge on any atom is -0.302 e. The van der Waals surface area contributed by atoms with E-state index in [0.717, 1.165) is 74.0 Å². The maximum Gasteiger partial charge on any atom is 0.282 e. The summed E-state index contributed by atoms with van der Waals surface area (Å²) in [4.78, 5) is 30.1. The molecule has 0 unspecified atom stereocenters. The van der Waals surface area contributed by atoms with Crippen LogP contribution in [0.1, 0.15) is 81.2 Å². The third-order valence-electron chi connectivity index (χ3n) is 8.30. The summed E-state index contributed by atoms with van der Waals surface area (Å²) in [6.45, 7) is 0. The molecule has 0 saturated heterocycles. The monoisotopic (exact) mass is 446 g/mol. The van der Waals surface area contributed by atoms with E-state index in [2.05, 4.69) is 27.8 Å². The van der Waals surface area contributed by atoms with Gasteiger partial charge in [0.25, 0.3) is 5.56 Å². The second kappa shape index (κ2) is 7.28. The van der Waals surface area contributed by atoms with Gasteiger partial charge >= 0.3 is 0 Å². The van der Waals surface area contributed by atoms with Gasteiger partial charge in [0.2, 0.25) is 0 Å². The number of hydrogen-bond acceptors (Lipinski definition) is 3. The standard InChI is InChI=1S/C27H27ClN2O2/c28-20-8-7-9-21-23(20)24(32)29-25-27(14-5-2-6-15-27)19-11-10-18(16-22(19)30(21)25)26(17-31)12-3-1-4-13-26/h7-11,16-17H,1-6,12-15H2. The highest BCUT2D eigenvalue weighted by Crippen LogP contribution is 2.52. The van der Waals surface area contributed by atoms with Crippen LogP contribution < -0.4 is 5.56 Å². The number of halogens is 1. The average molecular weight is 447 g/mol. The number of fused-ring (bicyclic) bond motifs is 7. The van der Waals surface area contributed by atoms with E-state index in [9.17, 15) is 9.59 Å². The van der Waals surface area contributed by atoms with Gasteiger partial charge in [0.05, 0.1) is 32.4 Å². The lowest BCUT2D eigenvalue weighted by atomic mass is 9.67. The molecule has 2 heterocycles. The van der Waals surface area contributed by atoms with Crippen LogP contribution in [0.25, 0.3) is 16.6 Å². The molecular formula is C27H27ClN2O2. The molecule has 6 rings (SSSR count). The third kappa shape index (κ3) is 2.65. The number of carbonyl (C=O) groups excluding carboxylic acids is 1. The molecule has 3 aliphatic rings.